The van der Waals surface area contributed by atoms with E-state index in [-0.39, 0.29) is 18.8 Å². The number of halogens is 4. The van der Waals surface area contributed by atoms with Crippen LogP contribution in [-0.4, -0.2) is 14.2 Å². The average molecular weight is 218 g/mol. The number of hydrogen-bond donors (Lipinski definition) is 0. The van der Waals surface area contributed by atoms with Gasteiger partial charge in [-0.2, -0.15) is 0 Å². The molecule has 0 unspecified atom stereocenters. The van der Waals surface area contributed by atoms with Gasteiger partial charge in [0.15, 0.2) is 0 Å². The molecule has 0 aliphatic carbocycles. The number of benzene rings is 1. The lowest BCUT2D eigenvalue weighted by Crippen LogP contribution is -1.83. The van der Waals surface area contributed by atoms with Crippen LogP contribution >= 0.6 is 0 Å². The molecule has 1 rings (SSSR count). The largest absolute Gasteiger partial charge is 0.497 e. The highest BCUT2D eigenvalue weighted by atomic mass is 19.0. The van der Waals surface area contributed by atoms with E-state index in [2.05, 4.69) is 0 Å². The van der Waals surface area contributed by atoms with Crippen molar-refractivity contribution in [3.63, 3.8) is 0 Å². The summed E-state index contributed by atoms with van der Waals surface area (Å²) in [6.07, 6.45) is 0. The van der Waals surface area contributed by atoms with Crippen LogP contribution < -0.4 is 9.47 Å². The molecule has 0 saturated carbocycles. The zero-order valence-corrected chi connectivity index (χ0v) is 7.76. The highest BCUT2D eigenvalue weighted by Crippen LogP contribution is 2.15. The van der Waals surface area contributed by atoms with Crippen LogP contribution in [0.2, 0.25) is 0 Å². The molecule has 1 aromatic carbocycles. The van der Waals surface area contributed by atoms with Crippen molar-refractivity contribution in [2.24, 2.45) is 0 Å². The van der Waals surface area contributed by atoms with Gasteiger partial charge in [0, 0.05) is 0 Å². The molecule has 0 amide bonds. The van der Waals surface area contributed by atoms with Gasteiger partial charge in [-0.05, 0) is 24.3 Å². The summed E-state index contributed by atoms with van der Waals surface area (Å²) in [6.45, 7) is 0. The first-order valence-electron chi connectivity index (χ1n) is 3.05. The van der Waals surface area contributed by atoms with Crippen molar-refractivity contribution in [2.75, 3.05) is 14.2 Å². The van der Waals surface area contributed by atoms with Gasteiger partial charge >= 0.3 is 0 Å². The van der Waals surface area contributed by atoms with Crippen LogP contribution in [0.25, 0.3) is 0 Å². The summed E-state index contributed by atoms with van der Waals surface area (Å²) in [5.41, 5.74) is 0. The molecule has 0 bridgehead atoms. The maximum absolute atomic E-state index is 4.96. The van der Waals surface area contributed by atoms with Gasteiger partial charge in [0.05, 0.1) is 14.2 Å². The Hall–Kier alpha value is -1.46. The van der Waals surface area contributed by atoms with Crippen LogP contribution in [0.3, 0.4) is 0 Å². The Balaban J connectivity index is -0.000000125. The summed E-state index contributed by atoms with van der Waals surface area (Å²) in [6, 6.07) is 7.44. The van der Waals surface area contributed by atoms with Crippen LogP contribution in [0.5, 0.6) is 11.5 Å². The van der Waals surface area contributed by atoms with E-state index >= 15 is 0 Å². The highest BCUT2D eigenvalue weighted by Gasteiger charge is 1.89. The van der Waals surface area contributed by atoms with E-state index in [0.717, 1.165) is 11.5 Å². The van der Waals surface area contributed by atoms with Crippen molar-refractivity contribution < 1.29 is 28.3 Å². The minimum atomic E-state index is 0. The van der Waals surface area contributed by atoms with Gasteiger partial charge in [-0.3, -0.25) is 18.8 Å². The van der Waals surface area contributed by atoms with Crippen molar-refractivity contribution in [2.45, 2.75) is 0 Å². The quantitative estimate of drug-likeness (QED) is 0.709. The van der Waals surface area contributed by atoms with E-state index < -0.39 is 0 Å². The smallest absolute Gasteiger partial charge is 0.119 e. The molecule has 0 heterocycles. The van der Waals surface area contributed by atoms with Gasteiger partial charge in [-0.25, -0.2) is 0 Å². The minimum Gasteiger partial charge on any atom is -0.497 e. The Kier molecular flexibility index (Phi) is 18.9. The van der Waals surface area contributed by atoms with Gasteiger partial charge in [0.1, 0.15) is 11.5 Å². The van der Waals surface area contributed by atoms with E-state index in [0.29, 0.717) is 0 Å². The van der Waals surface area contributed by atoms with Crippen molar-refractivity contribution in [1.82, 2.24) is 0 Å². The Morgan fingerprint density at radius 2 is 0.857 bits per heavy atom. The fourth-order valence-corrected chi connectivity index (χ4v) is 0.712. The molecule has 0 spiro atoms. The van der Waals surface area contributed by atoms with Gasteiger partial charge in [0.25, 0.3) is 0 Å². The summed E-state index contributed by atoms with van der Waals surface area (Å²) in [7, 11) is 3.28. The molecule has 0 N–H and O–H groups in total. The lowest BCUT2D eigenvalue weighted by atomic mass is 10.3. The number of rotatable bonds is 2. The van der Waals surface area contributed by atoms with Crippen LogP contribution in [-0.2, 0) is 0 Å². The number of methoxy groups -OCH3 is 2. The second-order valence-corrected chi connectivity index (χ2v) is 1.88. The van der Waals surface area contributed by atoms with E-state index in [1.165, 1.54) is 0 Å². The first-order chi connectivity index (χ1) is 4.86. The summed E-state index contributed by atoms with van der Waals surface area (Å²) in [5.74, 6) is 1.70. The van der Waals surface area contributed by atoms with Crippen molar-refractivity contribution in [3.8, 4) is 11.5 Å². The standard InChI is InChI=1S/C8H10O2.4FH/c1-9-7-3-5-8(10-2)6-4-7;;;;/h3-6H,1-2H3;4*1H. The van der Waals surface area contributed by atoms with Gasteiger partial charge in [0.2, 0.25) is 0 Å². The summed E-state index contributed by atoms with van der Waals surface area (Å²) in [4.78, 5) is 0. The molecule has 0 saturated heterocycles. The Labute approximate surface area is 79.3 Å². The molecule has 1 aromatic rings. The van der Waals surface area contributed by atoms with Gasteiger partial charge in [-0.15, -0.1) is 0 Å². The maximum Gasteiger partial charge on any atom is 0.119 e. The zero-order valence-electron chi connectivity index (χ0n) is 7.76. The lowest BCUT2D eigenvalue weighted by Gasteiger charge is -2.00. The molecule has 0 atom stereocenters. The van der Waals surface area contributed by atoms with Crippen LogP contribution in [0.15, 0.2) is 24.3 Å². The van der Waals surface area contributed by atoms with E-state index in [1.807, 2.05) is 24.3 Å². The van der Waals surface area contributed by atoms with Crippen LogP contribution in [0.4, 0.5) is 18.8 Å². The lowest BCUT2D eigenvalue weighted by molar-refractivity contribution is 0.403. The molecule has 14 heavy (non-hydrogen) atoms. The fraction of sp³-hybridized carbons (Fsp3) is 0.250. The fourth-order valence-electron chi connectivity index (χ4n) is 0.712. The first kappa shape index (κ1) is 22.9. The van der Waals surface area contributed by atoms with E-state index in [4.69, 9.17) is 9.47 Å². The van der Waals surface area contributed by atoms with Crippen LogP contribution in [0.1, 0.15) is 0 Å². The van der Waals surface area contributed by atoms with Crippen molar-refractivity contribution in [3.05, 3.63) is 24.3 Å². The molecule has 0 aliphatic heterocycles. The SMILES string of the molecule is COc1ccc(OC)cc1.F.F.F.F. The summed E-state index contributed by atoms with van der Waals surface area (Å²) < 4.78 is 9.92. The highest BCUT2D eigenvalue weighted by molar-refractivity contribution is 5.30. The molecule has 0 aliphatic rings. The molecule has 86 valence electrons. The Morgan fingerprint density at radius 3 is 1.00 bits per heavy atom. The maximum atomic E-state index is 4.96. The average Bonchev–Trinajstić information content (AvgIpc) is 2.05. The predicted molar refractivity (Wildman–Crippen MR) is 49.6 cm³/mol. The third kappa shape index (κ3) is 6.10. The molecule has 0 aromatic heterocycles. The van der Waals surface area contributed by atoms with Crippen molar-refractivity contribution in [1.29, 1.82) is 0 Å². The third-order valence-electron chi connectivity index (χ3n) is 1.30. The Bertz CT molecular complexity index is 180. The normalized spacial score (nSPS) is 6.43. The summed E-state index contributed by atoms with van der Waals surface area (Å²) in [5, 5.41) is 0. The second kappa shape index (κ2) is 11.5. The molecule has 0 radical (unpaired) electrons. The topological polar surface area (TPSA) is 18.5 Å². The van der Waals surface area contributed by atoms with Gasteiger partial charge < -0.3 is 9.47 Å². The third-order valence-corrected chi connectivity index (χ3v) is 1.30. The summed E-state index contributed by atoms with van der Waals surface area (Å²) >= 11 is 0. The molecule has 6 heteroatoms. The van der Waals surface area contributed by atoms with Crippen LogP contribution in [0, 0.1) is 0 Å². The molecule has 2 nitrogen and oxygen atoms in total. The number of ether oxygens (including phenoxy) is 2. The van der Waals surface area contributed by atoms with Crippen molar-refractivity contribution >= 4 is 0 Å². The van der Waals surface area contributed by atoms with Gasteiger partial charge in [-0.1, -0.05) is 0 Å². The van der Waals surface area contributed by atoms with E-state index in [1.54, 1.807) is 14.2 Å². The Morgan fingerprint density at radius 1 is 0.643 bits per heavy atom. The predicted octanol–water partition coefficient (Wildman–Crippen LogP) is 2.31. The zero-order chi connectivity index (χ0) is 7.40. The van der Waals surface area contributed by atoms with E-state index in [9.17, 15) is 0 Å². The molecule has 0 fully saturated rings. The molecular formula is C8H14F4O2. The molecular weight excluding hydrogens is 204 g/mol. The first-order valence-corrected chi connectivity index (χ1v) is 3.05. The second-order valence-electron chi connectivity index (χ2n) is 1.88. The monoisotopic (exact) mass is 218 g/mol. The minimum absolute atomic E-state index is 0. The number of hydrogen-bond acceptors (Lipinski definition) is 2.